The molecule has 2 heterocycles. The Hall–Kier alpha value is -3.13. The number of amides is 3. The van der Waals surface area contributed by atoms with Gasteiger partial charge in [-0.3, -0.25) is 14.5 Å². The van der Waals surface area contributed by atoms with Crippen molar-refractivity contribution in [3.05, 3.63) is 18.2 Å². The van der Waals surface area contributed by atoms with Crippen molar-refractivity contribution in [2.75, 3.05) is 32.0 Å². The second-order valence-corrected chi connectivity index (χ2v) is 8.92. The van der Waals surface area contributed by atoms with Crippen LogP contribution in [-0.2, 0) is 9.59 Å². The van der Waals surface area contributed by atoms with Gasteiger partial charge in [-0.05, 0) is 38.9 Å². The van der Waals surface area contributed by atoms with E-state index in [1.165, 1.54) is 24.0 Å². The van der Waals surface area contributed by atoms with E-state index in [1.807, 2.05) is 4.90 Å². The summed E-state index contributed by atoms with van der Waals surface area (Å²) in [5.74, 6) is -1.29. The molecule has 1 aromatic carbocycles. The number of anilines is 1. The van der Waals surface area contributed by atoms with Crippen LogP contribution >= 0.6 is 11.3 Å². The normalized spacial score (nSPS) is 15.9. The maximum Gasteiger partial charge on any atom is 0.573 e. The van der Waals surface area contributed by atoms with Crippen LogP contribution in [0.3, 0.4) is 0 Å². The molecule has 1 aliphatic rings. The number of thiazole rings is 1. The third-order valence-corrected chi connectivity index (χ3v) is 6.28. The summed E-state index contributed by atoms with van der Waals surface area (Å²) in [4.78, 5) is 43.2. The lowest BCUT2D eigenvalue weighted by Crippen LogP contribution is -2.50. The fourth-order valence-corrected chi connectivity index (χ4v) is 4.47. The average Bonchev–Trinajstić information content (AvgIpc) is 3.13. The van der Waals surface area contributed by atoms with Crippen molar-refractivity contribution >= 4 is 44.6 Å². The van der Waals surface area contributed by atoms with E-state index < -0.39 is 24.4 Å². The topological polar surface area (TPSA) is 124 Å². The molecule has 1 aromatic heterocycles. The lowest BCUT2D eigenvalue weighted by molar-refractivity contribution is -0.274. The van der Waals surface area contributed by atoms with E-state index in [9.17, 15) is 27.6 Å². The van der Waals surface area contributed by atoms with Gasteiger partial charge in [0.15, 0.2) is 5.13 Å². The summed E-state index contributed by atoms with van der Waals surface area (Å²) < 4.78 is 41.4. The van der Waals surface area contributed by atoms with Crippen LogP contribution in [0.5, 0.6) is 5.75 Å². The van der Waals surface area contributed by atoms with Gasteiger partial charge < -0.3 is 25.4 Å². The number of carbonyl (C=O) groups is 3. The van der Waals surface area contributed by atoms with E-state index in [0.29, 0.717) is 36.1 Å². The van der Waals surface area contributed by atoms with Crippen molar-refractivity contribution in [2.45, 2.75) is 38.2 Å². The van der Waals surface area contributed by atoms with E-state index in [-0.39, 0.29) is 29.4 Å². The van der Waals surface area contributed by atoms with E-state index in [2.05, 4.69) is 20.4 Å². The minimum Gasteiger partial charge on any atom is -0.465 e. The van der Waals surface area contributed by atoms with Gasteiger partial charge in [0.05, 0.1) is 16.8 Å². The van der Waals surface area contributed by atoms with Gasteiger partial charge in [0.2, 0.25) is 11.8 Å². The summed E-state index contributed by atoms with van der Waals surface area (Å²) in [7, 11) is 1.77. The Morgan fingerprint density at radius 2 is 2.00 bits per heavy atom. The van der Waals surface area contributed by atoms with Crippen LogP contribution in [0.25, 0.3) is 10.2 Å². The highest BCUT2D eigenvalue weighted by Crippen LogP contribution is 2.31. The number of aromatic nitrogens is 1. The second kappa shape index (κ2) is 10.4. The molecule has 0 aliphatic carbocycles. The lowest BCUT2D eigenvalue weighted by atomic mass is 10.0. The molecule has 186 valence electrons. The number of carboxylic acid groups (broad SMARTS) is 1. The zero-order valence-corrected chi connectivity index (χ0v) is 19.2. The number of likely N-dealkylation sites (tertiary alicyclic amines) is 1. The van der Waals surface area contributed by atoms with Crippen LogP contribution in [0.15, 0.2) is 18.2 Å². The van der Waals surface area contributed by atoms with Gasteiger partial charge in [-0.15, -0.1) is 13.2 Å². The molecule has 1 unspecified atom stereocenters. The Morgan fingerprint density at radius 1 is 1.32 bits per heavy atom. The number of nitrogens with zero attached hydrogens (tertiary/aromatic N) is 3. The minimum atomic E-state index is -4.81. The number of hydrogen-bond donors (Lipinski definition) is 3. The molecule has 0 saturated carbocycles. The quantitative estimate of drug-likeness (QED) is 0.531. The van der Waals surface area contributed by atoms with Crippen LogP contribution in [-0.4, -0.2) is 82.9 Å². The molecule has 3 N–H and O–H groups in total. The standard InChI is InChI=1S/C20H24F3N5O5S/c1-11(24-16(29)10-27(2)12-5-7-28(8-6-12)19(31)32)17(30)26-18-25-14-4-3-13(9-15(14)34-18)33-20(21,22)23/h3-4,9,11-12H,5-8,10H2,1-2H3,(H,24,29)(H,31,32)(H,25,26,30). The molecule has 1 saturated heterocycles. The van der Waals surface area contributed by atoms with Gasteiger partial charge >= 0.3 is 12.5 Å². The van der Waals surface area contributed by atoms with Crippen LogP contribution < -0.4 is 15.4 Å². The molecule has 14 heteroatoms. The van der Waals surface area contributed by atoms with Crippen molar-refractivity contribution < 1.29 is 37.4 Å². The van der Waals surface area contributed by atoms with Crippen LogP contribution in [0.4, 0.5) is 23.1 Å². The van der Waals surface area contributed by atoms with E-state index >= 15 is 0 Å². The molecule has 10 nitrogen and oxygen atoms in total. The molecule has 1 aliphatic heterocycles. The summed E-state index contributed by atoms with van der Waals surface area (Å²) in [5, 5.41) is 14.3. The molecule has 0 spiro atoms. The largest absolute Gasteiger partial charge is 0.573 e. The number of alkyl halides is 3. The molecule has 1 fully saturated rings. The number of halogens is 3. The molecule has 3 rings (SSSR count). The van der Waals surface area contributed by atoms with Crippen LogP contribution in [0.1, 0.15) is 19.8 Å². The smallest absolute Gasteiger partial charge is 0.465 e. The van der Waals surface area contributed by atoms with Gasteiger partial charge in [-0.1, -0.05) is 11.3 Å². The van der Waals surface area contributed by atoms with Crippen LogP contribution in [0.2, 0.25) is 0 Å². The number of benzene rings is 1. The molecule has 34 heavy (non-hydrogen) atoms. The Morgan fingerprint density at radius 3 is 2.62 bits per heavy atom. The highest BCUT2D eigenvalue weighted by atomic mass is 32.1. The Balaban J connectivity index is 1.50. The van der Waals surface area contributed by atoms with Gasteiger partial charge in [-0.25, -0.2) is 9.78 Å². The van der Waals surface area contributed by atoms with Gasteiger partial charge in [0, 0.05) is 25.2 Å². The molecule has 2 aromatic rings. The number of fused-ring (bicyclic) bond motifs is 1. The predicted octanol–water partition coefficient (Wildman–Crippen LogP) is 2.71. The SMILES string of the molecule is CC(NC(=O)CN(C)C1CCN(C(=O)O)CC1)C(=O)Nc1nc2ccc(OC(F)(F)F)cc2s1. The first-order valence-corrected chi connectivity index (χ1v) is 11.2. The van der Waals surface area contributed by atoms with Gasteiger partial charge in [0.25, 0.3) is 0 Å². The summed E-state index contributed by atoms with van der Waals surface area (Å²) in [6.07, 6.45) is -4.55. The number of hydrogen-bond acceptors (Lipinski definition) is 7. The maximum atomic E-state index is 12.5. The fourth-order valence-electron chi connectivity index (χ4n) is 3.58. The fraction of sp³-hybridized carbons (Fsp3) is 0.500. The molecular weight excluding hydrogens is 479 g/mol. The summed E-state index contributed by atoms with van der Waals surface area (Å²) >= 11 is 0.977. The van der Waals surface area contributed by atoms with Crippen molar-refractivity contribution in [1.29, 1.82) is 0 Å². The summed E-state index contributed by atoms with van der Waals surface area (Å²) in [5.41, 5.74) is 0.391. The lowest BCUT2D eigenvalue weighted by Gasteiger charge is -2.35. The third kappa shape index (κ3) is 6.93. The number of likely N-dealkylation sites (N-methyl/N-ethyl adjacent to an activating group) is 1. The first-order valence-electron chi connectivity index (χ1n) is 10.4. The van der Waals surface area contributed by atoms with Crippen molar-refractivity contribution in [1.82, 2.24) is 20.1 Å². The van der Waals surface area contributed by atoms with Crippen molar-refractivity contribution in [3.63, 3.8) is 0 Å². The zero-order valence-electron chi connectivity index (χ0n) is 18.4. The number of nitrogens with one attached hydrogen (secondary N) is 2. The predicted molar refractivity (Wildman–Crippen MR) is 118 cm³/mol. The third-order valence-electron chi connectivity index (χ3n) is 5.35. The molecule has 0 bridgehead atoms. The monoisotopic (exact) mass is 503 g/mol. The number of rotatable bonds is 7. The molecular formula is C20H24F3N5O5S. The van der Waals surface area contributed by atoms with E-state index in [4.69, 9.17) is 5.11 Å². The first kappa shape index (κ1) is 25.5. The van der Waals surface area contributed by atoms with Gasteiger partial charge in [0.1, 0.15) is 11.8 Å². The van der Waals surface area contributed by atoms with E-state index in [0.717, 1.165) is 17.4 Å². The Labute approximate surface area is 196 Å². The Kier molecular flexibility index (Phi) is 7.82. The van der Waals surface area contributed by atoms with Crippen molar-refractivity contribution in [2.24, 2.45) is 0 Å². The number of carbonyl (C=O) groups excluding carboxylic acids is 2. The number of ether oxygens (including phenoxy) is 1. The number of piperidine rings is 1. The molecule has 1 atom stereocenters. The summed E-state index contributed by atoms with van der Waals surface area (Å²) in [6.45, 7) is 2.34. The first-order chi connectivity index (χ1) is 15.9. The zero-order chi connectivity index (χ0) is 25.0. The summed E-state index contributed by atoms with van der Waals surface area (Å²) in [6, 6.07) is 2.83. The molecule has 0 radical (unpaired) electrons. The second-order valence-electron chi connectivity index (χ2n) is 7.89. The van der Waals surface area contributed by atoms with Gasteiger partial charge in [-0.2, -0.15) is 0 Å². The Bertz CT molecular complexity index is 1050. The van der Waals surface area contributed by atoms with E-state index in [1.54, 1.807) is 7.05 Å². The van der Waals surface area contributed by atoms with Crippen molar-refractivity contribution in [3.8, 4) is 5.75 Å². The molecule has 3 amide bonds. The minimum absolute atomic E-state index is 0.0402. The average molecular weight is 504 g/mol. The maximum absolute atomic E-state index is 12.5. The van der Waals surface area contributed by atoms with Crippen LogP contribution in [0, 0.1) is 0 Å². The highest BCUT2D eigenvalue weighted by Gasteiger charge is 2.31. The highest BCUT2D eigenvalue weighted by molar-refractivity contribution is 7.22.